The third-order valence-corrected chi connectivity index (χ3v) is 3.41. The highest BCUT2D eigenvalue weighted by Gasteiger charge is 2.41. The Balaban J connectivity index is 2.07. The van der Waals surface area contributed by atoms with Gasteiger partial charge in [0.15, 0.2) is 0 Å². The average Bonchev–Trinajstić information content (AvgIpc) is 2.69. The molecule has 0 aromatic rings. The average molecular weight is 174 g/mol. The van der Waals surface area contributed by atoms with Gasteiger partial charge in [0, 0.05) is 11.3 Å². The number of nitrogens with one attached hydrogen (secondary N) is 1. The Labute approximate surface area is 71.1 Å². The van der Waals surface area contributed by atoms with Gasteiger partial charge in [-0.15, -0.1) is 0 Å². The molecule has 0 heterocycles. The molecule has 0 spiro atoms. The van der Waals surface area contributed by atoms with Crippen molar-refractivity contribution in [1.82, 2.24) is 5.32 Å². The van der Waals surface area contributed by atoms with Crippen molar-refractivity contribution in [3.05, 3.63) is 0 Å². The summed E-state index contributed by atoms with van der Waals surface area (Å²) < 4.78 is 0.426. The van der Waals surface area contributed by atoms with E-state index < -0.39 is 0 Å². The lowest BCUT2D eigenvalue weighted by Crippen LogP contribution is -2.33. The quantitative estimate of drug-likeness (QED) is 0.615. The molecule has 4 heteroatoms. The topological polar surface area (TPSA) is 55.1 Å². The van der Waals surface area contributed by atoms with Crippen molar-refractivity contribution in [1.29, 1.82) is 0 Å². The maximum atomic E-state index is 10.3. The fourth-order valence-electron chi connectivity index (χ4n) is 1.01. The number of amides is 1. The van der Waals surface area contributed by atoms with Crippen LogP contribution >= 0.6 is 11.8 Å². The van der Waals surface area contributed by atoms with Gasteiger partial charge in [0.05, 0.1) is 6.54 Å². The monoisotopic (exact) mass is 174 g/mol. The zero-order chi connectivity index (χ0) is 8.32. The first-order chi connectivity index (χ1) is 5.18. The van der Waals surface area contributed by atoms with Crippen LogP contribution in [0.1, 0.15) is 12.8 Å². The van der Waals surface area contributed by atoms with Crippen molar-refractivity contribution in [3.8, 4) is 0 Å². The van der Waals surface area contributed by atoms with Crippen LogP contribution in [0.15, 0.2) is 0 Å². The Kier molecular flexibility index (Phi) is 2.78. The van der Waals surface area contributed by atoms with Gasteiger partial charge < -0.3 is 11.1 Å². The standard InChI is InChI=1S/C7H14N2OS/c1-11-7(2-3-7)5-9-4-6(8)10/h9H,2-5H2,1H3,(H2,8,10). The molecular formula is C7H14N2OS. The molecule has 0 aliphatic heterocycles. The second-order valence-electron chi connectivity index (χ2n) is 2.96. The highest BCUT2D eigenvalue weighted by molar-refractivity contribution is 8.00. The van der Waals surface area contributed by atoms with Crippen molar-refractivity contribution in [2.75, 3.05) is 19.3 Å². The summed E-state index contributed by atoms with van der Waals surface area (Å²) in [5.41, 5.74) is 4.98. The number of hydrogen-bond acceptors (Lipinski definition) is 3. The number of nitrogens with two attached hydrogens (primary N) is 1. The van der Waals surface area contributed by atoms with E-state index >= 15 is 0 Å². The first kappa shape index (κ1) is 8.87. The normalized spacial score (nSPS) is 19.7. The first-order valence-electron chi connectivity index (χ1n) is 3.73. The summed E-state index contributed by atoms with van der Waals surface area (Å²) in [7, 11) is 0. The van der Waals surface area contributed by atoms with Crippen LogP contribution < -0.4 is 11.1 Å². The zero-order valence-electron chi connectivity index (χ0n) is 6.72. The minimum atomic E-state index is -0.276. The van der Waals surface area contributed by atoms with E-state index in [0.29, 0.717) is 11.3 Å². The lowest BCUT2D eigenvalue weighted by Gasteiger charge is -2.11. The number of hydrogen-bond donors (Lipinski definition) is 2. The number of carbonyl (C=O) groups is 1. The maximum Gasteiger partial charge on any atom is 0.231 e. The number of rotatable bonds is 5. The molecule has 1 fully saturated rings. The van der Waals surface area contributed by atoms with Gasteiger partial charge in [0.25, 0.3) is 0 Å². The van der Waals surface area contributed by atoms with E-state index in [1.54, 1.807) is 0 Å². The molecule has 0 radical (unpaired) electrons. The largest absolute Gasteiger partial charge is 0.369 e. The van der Waals surface area contributed by atoms with E-state index in [4.69, 9.17) is 5.73 Å². The van der Waals surface area contributed by atoms with Crippen molar-refractivity contribution in [2.24, 2.45) is 5.73 Å². The number of primary amides is 1. The van der Waals surface area contributed by atoms with E-state index in [1.807, 2.05) is 11.8 Å². The maximum absolute atomic E-state index is 10.3. The summed E-state index contributed by atoms with van der Waals surface area (Å²) in [5, 5.41) is 3.04. The third kappa shape index (κ3) is 2.71. The van der Waals surface area contributed by atoms with E-state index in [2.05, 4.69) is 11.6 Å². The predicted molar refractivity (Wildman–Crippen MR) is 47.5 cm³/mol. The Morgan fingerprint density at radius 1 is 1.73 bits per heavy atom. The first-order valence-corrected chi connectivity index (χ1v) is 4.95. The summed E-state index contributed by atoms with van der Waals surface area (Å²) in [4.78, 5) is 10.3. The smallest absolute Gasteiger partial charge is 0.231 e. The Hall–Kier alpha value is -0.220. The molecular weight excluding hydrogens is 160 g/mol. The lowest BCUT2D eigenvalue weighted by atomic mass is 10.4. The van der Waals surface area contributed by atoms with Gasteiger partial charge in [-0.05, 0) is 19.1 Å². The van der Waals surface area contributed by atoms with Crippen molar-refractivity contribution >= 4 is 17.7 Å². The fraction of sp³-hybridized carbons (Fsp3) is 0.857. The Morgan fingerprint density at radius 2 is 2.36 bits per heavy atom. The van der Waals surface area contributed by atoms with Crippen LogP contribution in [-0.4, -0.2) is 30.0 Å². The van der Waals surface area contributed by atoms with E-state index in [0.717, 1.165) is 6.54 Å². The van der Waals surface area contributed by atoms with Crippen LogP contribution in [0.25, 0.3) is 0 Å². The van der Waals surface area contributed by atoms with Gasteiger partial charge in [-0.2, -0.15) is 11.8 Å². The van der Waals surface area contributed by atoms with Crippen molar-refractivity contribution in [3.63, 3.8) is 0 Å². The van der Waals surface area contributed by atoms with Crippen molar-refractivity contribution in [2.45, 2.75) is 17.6 Å². The number of carbonyl (C=O) groups excluding carboxylic acids is 1. The minimum absolute atomic E-state index is 0.276. The second kappa shape index (κ2) is 3.45. The van der Waals surface area contributed by atoms with Gasteiger partial charge in [-0.3, -0.25) is 4.79 Å². The summed E-state index contributed by atoms with van der Waals surface area (Å²) in [6, 6.07) is 0. The molecule has 0 unspecified atom stereocenters. The van der Waals surface area contributed by atoms with Gasteiger partial charge >= 0.3 is 0 Å². The van der Waals surface area contributed by atoms with Gasteiger partial charge in [-0.1, -0.05) is 0 Å². The minimum Gasteiger partial charge on any atom is -0.369 e. The molecule has 3 N–H and O–H groups in total. The van der Waals surface area contributed by atoms with E-state index in [1.165, 1.54) is 12.8 Å². The van der Waals surface area contributed by atoms with Crippen molar-refractivity contribution < 1.29 is 4.79 Å². The van der Waals surface area contributed by atoms with E-state index in [-0.39, 0.29) is 5.91 Å². The molecule has 1 rings (SSSR count). The Morgan fingerprint density at radius 3 is 2.73 bits per heavy atom. The molecule has 64 valence electrons. The molecule has 0 bridgehead atoms. The summed E-state index contributed by atoms with van der Waals surface area (Å²) >= 11 is 1.88. The zero-order valence-corrected chi connectivity index (χ0v) is 7.54. The summed E-state index contributed by atoms with van der Waals surface area (Å²) in [5.74, 6) is -0.276. The molecule has 1 aliphatic rings. The van der Waals surface area contributed by atoms with E-state index in [9.17, 15) is 4.79 Å². The van der Waals surface area contributed by atoms with Crippen LogP contribution in [0.3, 0.4) is 0 Å². The Bertz CT molecular complexity index is 157. The lowest BCUT2D eigenvalue weighted by molar-refractivity contribution is -0.117. The molecule has 1 aliphatic carbocycles. The summed E-state index contributed by atoms with van der Waals surface area (Å²) in [6.07, 6.45) is 4.64. The molecule has 1 saturated carbocycles. The fourth-order valence-corrected chi connectivity index (χ4v) is 1.76. The highest BCUT2D eigenvalue weighted by atomic mass is 32.2. The van der Waals surface area contributed by atoms with Gasteiger partial charge in [0.1, 0.15) is 0 Å². The van der Waals surface area contributed by atoms with Gasteiger partial charge in [-0.25, -0.2) is 0 Å². The molecule has 0 aromatic carbocycles. The van der Waals surface area contributed by atoms with Gasteiger partial charge in [0.2, 0.25) is 5.91 Å². The van der Waals surface area contributed by atoms with Crippen LogP contribution in [0.2, 0.25) is 0 Å². The molecule has 0 aromatic heterocycles. The van der Waals surface area contributed by atoms with Crippen LogP contribution in [-0.2, 0) is 4.79 Å². The second-order valence-corrected chi connectivity index (χ2v) is 4.23. The predicted octanol–water partition coefficient (Wildman–Crippen LogP) is -0.0431. The third-order valence-electron chi connectivity index (χ3n) is 1.99. The SMILES string of the molecule is CSC1(CNCC(N)=O)CC1. The molecule has 0 saturated heterocycles. The molecule has 3 nitrogen and oxygen atoms in total. The van der Waals surface area contributed by atoms with Crippen LogP contribution in [0.5, 0.6) is 0 Å². The highest BCUT2D eigenvalue weighted by Crippen LogP contribution is 2.46. The molecule has 11 heavy (non-hydrogen) atoms. The number of thioether (sulfide) groups is 1. The summed E-state index contributed by atoms with van der Waals surface area (Å²) in [6.45, 7) is 1.22. The van der Waals surface area contributed by atoms with Crippen LogP contribution in [0.4, 0.5) is 0 Å². The molecule has 1 amide bonds. The molecule has 0 atom stereocenters. The van der Waals surface area contributed by atoms with Crippen LogP contribution in [0, 0.1) is 0 Å².